The molecule has 0 radical (unpaired) electrons. The van der Waals surface area contributed by atoms with Gasteiger partial charge in [0.1, 0.15) is 5.38 Å². The average Bonchev–Trinajstić information content (AvgIpc) is 1.36. The zero-order valence-electron chi connectivity index (χ0n) is 3.31. The zero-order chi connectivity index (χ0) is 5.15. The van der Waals surface area contributed by atoms with Crippen LogP contribution in [0.3, 0.4) is 0 Å². The second kappa shape index (κ2) is 3.93. The fraction of sp³-hybridized carbons (Fsp3) is 0.750. The molecule has 44 valence electrons. The quantitative estimate of drug-likeness (QED) is 0.536. The van der Waals surface area contributed by atoms with Crippen LogP contribution >= 0.6 is 11.6 Å². The summed E-state index contributed by atoms with van der Waals surface area (Å²) in [5.74, 6) is -0.975. The molecule has 0 amide bonds. The molecule has 0 aliphatic heterocycles. The summed E-state index contributed by atoms with van der Waals surface area (Å²) < 4.78 is 0. The van der Waals surface area contributed by atoms with Gasteiger partial charge in [-0.1, -0.05) is 7.43 Å². The Morgan fingerprint density at radius 2 is 2.00 bits per heavy atom. The van der Waals surface area contributed by atoms with Crippen molar-refractivity contribution in [1.29, 1.82) is 0 Å². The molecule has 1 unspecified atom stereocenters. The molecule has 1 N–H and O–H groups in total. The molecule has 0 rings (SSSR count). The van der Waals surface area contributed by atoms with Gasteiger partial charge in [0.05, 0.1) is 0 Å². The Morgan fingerprint density at radius 3 is 2.00 bits per heavy atom. The lowest BCUT2D eigenvalue weighted by atomic mass is 10.5. The van der Waals surface area contributed by atoms with E-state index in [1.165, 1.54) is 6.92 Å². The predicted octanol–water partition coefficient (Wildman–Crippen LogP) is 1.33. The number of halogens is 1. The van der Waals surface area contributed by atoms with Crippen molar-refractivity contribution in [3.8, 4) is 0 Å². The number of hydrogen-bond donors (Lipinski definition) is 1. The fourth-order valence-electron chi connectivity index (χ4n) is 0. The first-order chi connectivity index (χ1) is 2.64. The van der Waals surface area contributed by atoms with E-state index in [1.54, 1.807) is 0 Å². The van der Waals surface area contributed by atoms with E-state index < -0.39 is 11.3 Å². The molecule has 1 atom stereocenters. The van der Waals surface area contributed by atoms with Crippen LogP contribution in [-0.4, -0.2) is 16.5 Å². The summed E-state index contributed by atoms with van der Waals surface area (Å²) in [7, 11) is 0. The number of carboxylic acids is 1. The summed E-state index contributed by atoms with van der Waals surface area (Å²) in [6.45, 7) is 1.41. The molecule has 0 spiro atoms. The van der Waals surface area contributed by atoms with Crippen molar-refractivity contribution in [2.45, 2.75) is 19.7 Å². The molecular formula is C4H9ClO2. The van der Waals surface area contributed by atoms with Gasteiger partial charge < -0.3 is 5.11 Å². The second-order valence-corrected chi connectivity index (χ2v) is 1.61. The van der Waals surface area contributed by atoms with Crippen LogP contribution in [0.15, 0.2) is 0 Å². The van der Waals surface area contributed by atoms with Crippen LogP contribution < -0.4 is 0 Å². The van der Waals surface area contributed by atoms with Gasteiger partial charge >= 0.3 is 5.97 Å². The average molecular weight is 125 g/mol. The molecule has 3 heteroatoms. The highest BCUT2D eigenvalue weighted by atomic mass is 35.5. The summed E-state index contributed by atoms with van der Waals surface area (Å²) in [5, 5.41) is 7.10. The second-order valence-electron chi connectivity index (χ2n) is 0.954. The van der Waals surface area contributed by atoms with Crippen LogP contribution in [0.2, 0.25) is 0 Å². The van der Waals surface area contributed by atoms with Crippen molar-refractivity contribution in [3.05, 3.63) is 0 Å². The third-order valence-corrected chi connectivity index (χ3v) is 0.527. The molecule has 0 heterocycles. The lowest BCUT2D eigenvalue weighted by Gasteiger charge is -1.86. The molecule has 0 saturated carbocycles. The van der Waals surface area contributed by atoms with Crippen molar-refractivity contribution in [1.82, 2.24) is 0 Å². The van der Waals surface area contributed by atoms with E-state index in [-0.39, 0.29) is 7.43 Å². The smallest absolute Gasteiger partial charge is 0.321 e. The molecule has 0 aliphatic rings. The van der Waals surface area contributed by atoms with Crippen LogP contribution in [0.4, 0.5) is 0 Å². The first-order valence-corrected chi connectivity index (χ1v) is 1.95. The highest BCUT2D eigenvalue weighted by Crippen LogP contribution is 1.89. The molecule has 0 aromatic heterocycles. The van der Waals surface area contributed by atoms with Gasteiger partial charge in [0.15, 0.2) is 0 Å². The Kier molecular flexibility index (Phi) is 5.56. The van der Waals surface area contributed by atoms with Crippen LogP contribution in [-0.2, 0) is 4.79 Å². The van der Waals surface area contributed by atoms with E-state index in [0.717, 1.165) is 0 Å². The molecule has 2 nitrogen and oxygen atoms in total. The van der Waals surface area contributed by atoms with Gasteiger partial charge in [-0.2, -0.15) is 0 Å². The highest BCUT2D eigenvalue weighted by Gasteiger charge is 2.02. The minimum atomic E-state index is -0.975. The van der Waals surface area contributed by atoms with Gasteiger partial charge in [-0.05, 0) is 6.92 Å². The molecule has 0 aromatic carbocycles. The molecule has 0 fully saturated rings. The Balaban J connectivity index is 0. The number of carbonyl (C=O) groups is 1. The van der Waals surface area contributed by atoms with E-state index in [9.17, 15) is 4.79 Å². The monoisotopic (exact) mass is 124 g/mol. The standard InChI is InChI=1S/C3H5ClO2.CH4/c1-2(4)3(5)6;/h2H,1H3,(H,5,6);1H4. The van der Waals surface area contributed by atoms with E-state index in [1.807, 2.05) is 0 Å². The predicted molar refractivity (Wildman–Crippen MR) is 29.7 cm³/mol. The number of alkyl halides is 1. The number of rotatable bonds is 1. The van der Waals surface area contributed by atoms with Gasteiger partial charge in [-0.15, -0.1) is 11.6 Å². The summed E-state index contributed by atoms with van der Waals surface area (Å²) in [5.41, 5.74) is 0. The topological polar surface area (TPSA) is 37.3 Å². The molecule has 7 heavy (non-hydrogen) atoms. The first-order valence-electron chi connectivity index (χ1n) is 1.51. The summed E-state index contributed by atoms with van der Waals surface area (Å²) in [6, 6.07) is 0. The normalized spacial score (nSPS) is 11.7. The summed E-state index contributed by atoms with van der Waals surface area (Å²) >= 11 is 5.01. The molecule has 0 aliphatic carbocycles. The van der Waals surface area contributed by atoms with Gasteiger partial charge in [0.25, 0.3) is 0 Å². The zero-order valence-corrected chi connectivity index (χ0v) is 4.07. The third kappa shape index (κ3) is 5.76. The SMILES string of the molecule is C.CC(Cl)C(=O)O. The number of aliphatic carboxylic acids is 1. The van der Waals surface area contributed by atoms with Crippen molar-refractivity contribution in [2.24, 2.45) is 0 Å². The molecular weight excluding hydrogens is 115 g/mol. The lowest BCUT2D eigenvalue weighted by molar-refractivity contribution is -0.136. The van der Waals surface area contributed by atoms with Gasteiger partial charge in [-0.25, -0.2) is 0 Å². The number of hydrogen-bond acceptors (Lipinski definition) is 1. The maximum Gasteiger partial charge on any atom is 0.321 e. The van der Waals surface area contributed by atoms with Gasteiger partial charge in [0.2, 0.25) is 0 Å². The van der Waals surface area contributed by atoms with Crippen LogP contribution in [0.25, 0.3) is 0 Å². The van der Waals surface area contributed by atoms with Crippen LogP contribution in [0.5, 0.6) is 0 Å². The van der Waals surface area contributed by atoms with Crippen molar-refractivity contribution in [3.63, 3.8) is 0 Å². The van der Waals surface area contributed by atoms with Crippen molar-refractivity contribution < 1.29 is 9.90 Å². The third-order valence-electron chi connectivity index (χ3n) is 0.340. The van der Waals surface area contributed by atoms with Crippen molar-refractivity contribution in [2.75, 3.05) is 0 Å². The Morgan fingerprint density at radius 1 is 1.86 bits per heavy atom. The summed E-state index contributed by atoms with van der Waals surface area (Å²) in [4.78, 5) is 9.57. The van der Waals surface area contributed by atoms with Gasteiger partial charge in [0, 0.05) is 0 Å². The largest absolute Gasteiger partial charge is 0.480 e. The Bertz CT molecular complexity index is 60.7. The minimum absolute atomic E-state index is 0. The summed E-state index contributed by atoms with van der Waals surface area (Å²) in [6.07, 6.45) is 0. The van der Waals surface area contributed by atoms with Crippen molar-refractivity contribution >= 4 is 17.6 Å². The van der Waals surface area contributed by atoms with E-state index >= 15 is 0 Å². The highest BCUT2D eigenvalue weighted by molar-refractivity contribution is 6.29. The minimum Gasteiger partial charge on any atom is -0.480 e. The molecule has 0 aromatic rings. The molecule has 0 saturated heterocycles. The Hall–Kier alpha value is -0.240. The maximum atomic E-state index is 9.57. The maximum absolute atomic E-state index is 9.57. The van der Waals surface area contributed by atoms with Crippen LogP contribution in [0.1, 0.15) is 14.4 Å². The fourth-order valence-corrected chi connectivity index (χ4v) is 0. The number of carboxylic acid groups (broad SMARTS) is 1. The van der Waals surface area contributed by atoms with E-state index in [2.05, 4.69) is 0 Å². The first kappa shape index (κ1) is 9.90. The Labute approximate surface area is 48.1 Å². The lowest BCUT2D eigenvalue weighted by Crippen LogP contribution is -2.06. The van der Waals surface area contributed by atoms with E-state index in [4.69, 9.17) is 16.7 Å². The molecule has 0 bridgehead atoms. The van der Waals surface area contributed by atoms with Gasteiger partial charge in [-0.3, -0.25) is 4.79 Å². The van der Waals surface area contributed by atoms with E-state index in [0.29, 0.717) is 0 Å². The van der Waals surface area contributed by atoms with Crippen LogP contribution in [0, 0.1) is 0 Å².